The fourth-order valence-electron chi connectivity index (χ4n) is 2.65. The molecule has 0 bridgehead atoms. The largest absolute Gasteiger partial charge is 0.342 e. The van der Waals surface area contributed by atoms with E-state index >= 15 is 0 Å². The van der Waals surface area contributed by atoms with Crippen LogP contribution in [0.1, 0.15) is 43.7 Å². The molecule has 1 unspecified atom stereocenters. The van der Waals surface area contributed by atoms with E-state index in [-0.39, 0.29) is 11.8 Å². The van der Waals surface area contributed by atoms with E-state index in [4.69, 9.17) is 0 Å². The number of hydrogen-bond donors (Lipinski definition) is 1. The molecule has 1 aromatic rings. The maximum Gasteiger partial charge on any atom is 0.215 e. The van der Waals surface area contributed by atoms with Gasteiger partial charge >= 0.3 is 0 Å². The second kappa shape index (κ2) is 6.30. The van der Waals surface area contributed by atoms with Crippen molar-refractivity contribution >= 4 is 17.9 Å². The zero-order chi connectivity index (χ0) is 15.5. The maximum absolute atomic E-state index is 12.4. The SMILES string of the molecule is CC(C)(CCN1CCCC1C(=O)c1ncc[nH]1)C(=O)C=O. The molecule has 1 N–H and O–H groups in total. The Kier molecular flexibility index (Phi) is 4.67. The van der Waals surface area contributed by atoms with Gasteiger partial charge in [-0.25, -0.2) is 4.98 Å². The normalized spacial score (nSPS) is 19.6. The molecule has 1 aliphatic rings. The van der Waals surface area contributed by atoms with Crippen molar-refractivity contribution in [3.63, 3.8) is 0 Å². The summed E-state index contributed by atoms with van der Waals surface area (Å²) < 4.78 is 0. The summed E-state index contributed by atoms with van der Waals surface area (Å²) in [6, 6.07) is -0.182. The molecule has 1 atom stereocenters. The Morgan fingerprint density at radius 1 is 1.52 bits per heavy atom. The highest BCUT2D eigenvalue weighted by Gasteiger charge is 2.34. The van der Waals surface area contributed by atoms with Crippen molar-refractivity contribution in [2.45, 2.75) is 39.2 Å². The van der Waals surface area contributed by atoms with E-state index < -0.39 is 11.2 Å². The van der Waals surface area contributed by atoms with Crippen LogP contribution >= 0.6 is 0 Å². The number of carbonyl (C=O) groups is 3. The number of nitrogens with one attached hydrogen (secondary N) is 1. The third-order valence-electron chi connectivity index (χ3n) is 4.20. The number of nitrogens with zero attached hydrogens (tertiary/aromatic N) is 2. The molecule has 2 heterocycles. The van der Waals surface area contributed by atoms with Gasteiger partial charge in [0, 0.05) is 17.8 Å². The van der Waals surface area contributed by atoms with E-state index in [9.17, 15) is 14.4 Å². The van der Waals surface area contributed by atoms with Gasteiger partial charge in [-0.2, -0.15) is 0 Å². The fourth-order valence-corrected chi connectivity index (χ4v) is 2.65. The number of ketones is 2. The summed E-state index contributed by atoms with van der Waals surface area (Å²) >= 11 is 0. The van der Waals surface area contributed by atoms with E-state index in [0.29, 0.717) is 25.1 Å². The number of imidazole rings is 1. The van der Waals surface area contributed by atoms with Crippen LogP contribution in [0.25, 0.3) is 0 Å². The quantitative estimate of drug-likeness (QED) is 0.464. The second-order valence-electron chi connectivity index (χ2n) is 6.11. The number of Topliss-reactive ketones (excluding diaryl/α,β-unsaturated/α-hetero) is 2. The Balaban J connectivity index is 1.98. The van der Waals surface area contributed by atoms with Crippen LogP contribution in [0.5, 0.6) is 0 Å². The summed E-state index contributed by atoms with van der Waals surface area (Å²) in [6.45, 7) is 5.00. The zero-order valence-corrected chi connectivity index (χ0v) is 12.5. The highest BCUT2D eigenvalue weighted by atomic mass is 16.2. The molecular formula is C15H21N3O3. The number of aromatic amines is 1. The van der Waals surface area contributed by atoms with Crippen LogP contribution in [0.3, 0.4) is 0 Å². The Morgan fingerprint density at radius 2 is 2.29 bits per heavy atom. The molecule has 1 aromatic heterocycles. The lowest BCUT2D eigenvalue weighted by atomic mass is 9.85. The van der Waals surface area contributed by atoms with Crippen LogP contribution in [0.2, 0.25) is 0 Å². The molecule has 0 aromatic carbocycles. The van der Waals surface area contributed by atoms with Crippen molar-refractivity contribution in [3.8, 4) is 0 Å². The standard InChI is InChI=1S/C15H21N3O3/c1-15(2,12(20)10-19)5-9-18-8-3-4-11(18)13(21)14-16-6-7-17-14/h6-7,10-11H,3-5,8-9H2,1-2H3,(H,16,17). The summed E-state index contributed by atoms with van der Waals surface area (Å²) in [6.07, 6.45) is 5.92. The summed E-state index contributed by atoms with van der Waals surface area (Å²) in [4.78, 5) is 43.5. The van der Waals surface area contributed by atoms with E-state index in [1.54, 1.807) is 26.2 Å². The van der Waals surface area contributed by atoms with Crippen LogP contribution in [0.15, 0.2) is 12.4 Å². The second-order valence-corrected chi connectivity index (χ2v) is 6.11. The average Bonchev–Trinajstić information content (AvgIpc) is 3.14. The predicted octanol–water partition coefficient (Wildman–Crippen LogP) is 1.24. The molecule has 0 radical (unpaired) electrons. The number of aromatic nitrogens is 2. The number of hydrogen-bond acceptors (Lipinski definition) is 5. The van der Waals surface area contributed by atoms with E-state index in [1.807, 2.05) is 0 Å². The first-order chi connectivity index (χ1) is 9.95. The molecule has 6 nitrogen and oxygen atoms in total. The lowest BCUT2D eigenvalue weighted by Crippen LogP contribution is -2.39. The Morgan fingerprint density at radius 3 is 2.90 bits per heavy atom. The van der Waals surface area contributed by atoms with Gasteiger partial charge in [0.2, 0.25) is 11.6 Å². The van der Waals surface area contributed by atoms with Crippen molar-refractivity contribution in [1.29, 1.82) is 0 Å². The molecule has 0 amide bonds. The first-order valence-electron chi connectivity index (χ1n) is 7.23. The van der Waals surface area contributed by atoms with Crippen LogP contribution in [-0.4, -0.2) is 51.9 Å². The van der Waals surface area contributed by atoms with Gasteiger partial charge < -0.3 is 4.98 Å². The molecular weight excluding hydrogens is 270 g/mol. The predicted molar refractivity (Wildman–Crippen MR) is 77.0 cm³/mol. The third kappa shape index (κ3) is 3.44. The molecule has 0 spiro atoms. The molecule has 21 heavy (non-hydrogen) atoms. The Labute approximate surface area is 123 Å². The van der Waals surface area contributed by atoms with Crippen LogP contribution in [0, 0.1) is 5.41 Å². The van der Waals surface area contributed by atoms with Crippen molar-refractivity contribution in [2.75, 3.05) is 13.1 Å². The van der Waals surface area contributed by atoms with Gasteiger partial charge in [0.25, 0.3) is 0 Å². The zero-order valence-electron chi connectivity index (χ0n) is 12.5. The van der Waals surface area contributed by atoms with Crippen molar-refractivity contribution < 1.29 is 14.4 Å². The lowest BCUT2D eigenvalue weighted by Gasteiger charge is -2.27. The van der Waals surface area contributed by atoms with Crippen LogP contribution in [0.4, 0.5) is 0 Å². The summed E-state index contributed by atoms with van der Waals surface area (Å²) in [7, 11) is 0. The summed E-state index contributed by atoms with van der Waals surface area (Å²) in [5.74, 6) is -0.0113. The maximum atomic E-state index is 12.4. The minimum Gasteiger partial charge on any atom is -0.342 e. The first kappa shape index (κ1) is 15.6. The van der Waals surface area contributed by atoms with E-state index in [1.165, 1.54) is 0 Å². The van der Waals surface area contributed by atoms with Crippen molar-refractivity contribution in [1.82, 2.24) is 14.9 Å². The minimum absolute atomic E-state index is 0.00276. The molecule has 0 aliphatic carbocycles. The minimum atomic E-state index is -0.678. The van der Waals surface area contributed by atoms with Gasteiger partial charge in [-0.15, -0.1) is 0 Å². The van der Waals surface area contributed by atoms with E-state index in [2.05, 4.69) is 14.9 Å². The van der Waals surface area contributed by atoms with Gasteiger partial charge in [-0.1, -0.05) is 13.8 Å². The van der Waals surface area contributed by atoms with Crippen LogP contribution < -0.4 is 0 Å². The topological polar surface area (TPSA) is 83.1 Å². The van der Waals surface area contributed by atoms with Crippen molar-refractivity contribution in [2.24, 2.45) is 5.41 Å². The molecule has 2 rings (SSSR count). The number of H-pyrrole nitrogens is 1. The van der Waals surface area contributed by atoms with Gasteiger partial charge in [0.05, 0.1) is 6.04 Å². The van der Waals surface area contributed by atoms with Gasteiger partial charge in [0.1, 0.15) is 0 Å². The monoisotopic (exact) mass is 291 g/mol. The fraction of sp³-hybridized carbons (Fsp3) is 0.600. The smallest absolute Gasteiger partial charge is 0.215 e. The average molecular weight is 291 g/mol. The Hall–Kier alpha value is -1.82. The number of likely N-dealkylation sites (tertiary alicyclic amines) is 1. The van der Waals surface area contributed by atoms with Gasteiger partial charge in [-0.05, 0) is 32.4 Å². The molecule has 1 aliphatic heterocycles. The number of rotatable bonds is 7. The highest BCUT2D eigenvalue weighted by molar-refractivity contribution is 6.27. The van der Waals surface area contributed by atoms with Crippen LogP contribution in [-0.2, 0) is 9.59 Å². The van der Waals surface area contributed by atoms with Crippen molar-refractivity contribution in [3.05, 3.63) is 18.2 Å². The third-order valence-corrected chi connectivity index (χ3v) is 4.20. The molecule has 1 fully saturated rings. The van der Waals surface area contributed by atoms with E-state index in [0.717, 1.165) is 19.4 Å². The lowest BCUT2D eigenvalue weighted by molar-refractivity contribution is -0.136. The number of aldehydes is 1. The number of carbonyl (C=O) groups excluding carboxylic acids is 3. The highest BCUT2D eigenvalue weighted by Crippen LogP contribution is 2.26. The molecule has 0 saturated carbocycles. The van der Waals surface area contributed by atoms with Gasteiger partial charge in [-0.3, -0.25) is 19.3 Å². The Bertz CT molecular complexity index is 522. The molecule has 114 valence electrons. The molecule has 6 heteroatoms. The molecule has 1 saturated heterocycles. The van der Waals surface area contributed by atoms with Gasteiger partial charge in [0.15, 0.2) is 12.1 Å². The first-order valence-corrected chi connectivity index (χ1v) is 7.23. The summed E-state index contributed by atoms with van der Waals surface area (Å²) in [5.41, 5.74) is -0.678. The summed E-state index contributed by atoms with van der Waals surface area (Å²) in [5, 5.41) is 0.